The Hall–Kier alpha value is -3.60. The molecule has 0 radical (unpaired) electrons. The van der Waals surface area contributed by atoms with Crippen LogP contribution in [-0.4, -0.2) is 22.0 Å². The number of nitrogens with two attached hydrogens (primary N) is 2. The van der Waals surface area contributed by atoms with Crippen LogP contribution in [-0.2, 0) is 5.79 Å². The first-order valence-corrected chi connectivity index (χ1v) is 8.72. The number of fused-ring (bicyclic) bond motifs is 1. The maximum atomic E-state index is 13.7. The quantitative estimate of drug-likeness (QED) is 0.551. The number of para-hydroxylation sites is 2. The fourth-order valence-electron chi connectivity index (χ4n) is 3.23. The summed E-state index contributed by atoms with van der Waals surface area (Å²) in [5.74, 6) is -2.07. The van der Waals surface area contributed by atoms with E-state index in [0.29, 0.717) is 16.6 Å². The van der Waals surface area contributed by atoms with Crippen molar-refractivity contribution in [3.8, 4) is 5.75 Å². The number of aliphatic imine (C=N–C) groups is 1. The summed E-state index contributed by atoms with van der Waals surface area (Å²) in [5.41, 5.74) is 13.4. The standard InChI is InChI=1S/C19H16F4N6O/c20-16(21)17-26-12-3-1-2-4-13(12)29(17)15-9-14(24)27-19(25,28-15)10-5-7-11(8-6-10)30-18(22)23/h1-9,16,18,28H,25H2,(H2,24,27). The number of nitrogens with one attached hydrogen (secondary N) is 1. The minimum Gasteiger partial charge on any atom is -0.435 e. The first-order valence-electron chi connectivity index (χ1n) is 8.72. The van der Waals surface area contributed by atoms with Crippen LogP contribution in [0.1, 0.15) is 17.8 Å². The molecule has 2 aromatic carbocycles. The molecule has 1 aliphatic rings. The van der Waals surface area contributed by atoms with E-state index < -0.39 is 24.6 Å². The zero-order valence-electron chi connectivity index (χ0n) is 15.3. The molecule has 0 spiro atoms. The third-order valence-corrected chi connectivity index (χ3v) is 4.45. The molecule has 0 fully saturated rings. The van der Waals surface area contributed by atoms with E-state index in [2.05, 4.69) is 20.0 Å². The average Bonchev–Trinajstić information content (AvgIpc) is 3.07. The van der Waals surface area contributed by atoms with E-state index in [9.17, 15) is 17.6 Å². The molecule has 7 nitrogen and oxygen atoms in total. The topological polar surface area (TPSA) is 103 Å². The molecule has 0 saturated carbocycles. The highest BCUT2D eigenvalue weighted by atomic mass is 19.3. The molecule has 11 heteroatoms. The molecule has 30 heavy (non-hydrogen) atoms. The van der Waals surface area contributed by atoms with Crippen molar-refractivity contribution >= 4 is 22.7 Å². The second kappa shape index (κ2) is 7.34. The summed E-state index contributed by atoms with van der Waals surface area (Å²) in [7, 11) is 0. The monoisotopic (exact) mass is 420 g/mol. The van der Waals surface area contributed by atoms with E-state index in [1.165, 1.54) is 34.9 Å². The van der Waals surface area contributed by atoms with Crippen molar-refractivity contribution in [1.82, 2.24) is 14.9 Å². The maximum Gasteiger partial charge on any atom is 0.387 e. The lowest BCUT2D eigenvalue weighted by molar-refractivity contribution is -0.0498. The van der Waals surface area contributed by atoms with Gasteiger partial charge in [-0.05, 0) is 36.4 Å². The molecule has 1 atom stereocenters. The maximum absolute atomic E-state index is 13.7. The molecule has 2 heterocycles. The lowest BCUT2D eigenvalue weighted by Crippen LogP contribution is -2.52. The average molecular weight is 420 g/mol. The van der Waals surface area contributed by atoms with Gasteiger partial charge in [0.05, 0.1) is 11.0 Å². The highest BCUT2D eigenvalue weighted by Gasteiger charge is 2.33. The highest BCUT2D eigenvalue weighted by Crippen LogP contribution is 2.31. The number of amidine groups is 1. The number of rotatable bonds is 5. The molecule has 3 aromatic rings. The van der Waals surface area contributed by atoms with Crippen molar-refractivity contribution in [2.24, 2.45) is 16.5 Å². The van der Waals surface area contributed by atoms with Gasteiger partial charge in [0.2, 0.25) is 5.79 Å². The van der Waals surface area contributed by atoms with Gasteiger partial charge in [0.15, 0.2) is 5.82 Å². The van der Waals surface area contributed by atoms with Crippen LogP contribution in [0.5, 0.6) is 5.75 Å². The minimum atomic E-state index is -2.97. The summed E-state index contributed by atoms with van der Waals surface area (Å²) in [6.07, 6.45) is -1.50. The molecule has 0 bridgehead atoms. The smallest absolute Gasteiger partial charge is 0.387 e. The van der Waals surface area contributed by atoms with E-state index in [0.717, 1.165) is 0 Å². The Balaban J connectivity index is 1.76. The van der Waals surface area contributed by atoms with Crippen molar-refractivity contribution in [2.45, 2.75) is 18.8 Å². The van der Waals surface area contributed by atoms with Gasteiger partial charge in [0.25, 0.3) is 6.43 Å². The van der Waals surface area contributed by atoms with E-state index in [1.54, 1.807) is 24.3 Å². The van der Waals surface area contributed by atoms with Crippen LogP contribution in [0.4, 0.5) is 17.6 Å². The molecule has 0 aliphatic carbocycles. The minimum absolute atomic E-state index is 0.0165. The van der Waals surface area contributed by atoms with Gasteiger partial charge in [-0.3, -0.25) is 10.3 Å². The molecule has 0 saturated heterocycles. The fourth-order valence-corrected chi connectivity index (χ4v) is 3.23. The molecule has 5 N–H and O–H groups in total. The SMILES string of the molecule is NC1=NC(N)(c2ccc(OC(F)F)cc2)NC(n2c(C(F)F)nc3ccccc32)=C1. The van der Waals surface area contributed by atoms with E-state index >= 15 is 0 Å². The largest absolute Gasteiger partial charge is 0.435 e. The Bertz CT molecular complexity index is 1140. The van der Waals surface area contributed by atoms with Crippen LogP contribution in [0.2, 0.25) is 0 Å². The lowest BCUT2D eigenvalue weighted by atomic mass is 10.1. The third-order valence-electron chi connectivity index (χ3n) is 4.45. The summed E-state index contributed by atoms with van der Waals surface area (Å²) < 4.78 is 57.6. The lowest BCUT2D eigenvalue weighted by Gasteiger charge is -2.33. The Morgan fingerprint density at radius 1 is 1.03 bits per heavy atom. The number of imidazole rings is 1. The van der Waals surface area contributed by atoms with Crippen LogP contribution in [0.3, 0.4) is 0 Å². The van der Waals surface area contributed by atoms with Crippen molar-refractivity contribution in [2.75, 3.05) is 0 Å². The molecule has 1 aromatic heterocycles. The molecule has 0 amide bonds. The van der Waals surface area contributed by atoms with E-state index in [4.69, 9.17) is 11.5 Å². The molecule has 1 aliphatic heterocycles. The summed E-state index contributed by atoms with van der Waals surface area (Å²) in [4.78, 5) is 8.16. The normalized spacial score (nSPS) is 19.0. The van der Waals surface area contributed by atoms with Crippen LogP contribution < -0.4 is 21.5 Å². The van der Waals surface area contributed by atoms with Gasteiger partial charge in [0.1, 0.15) is 17.4 Å². The van der Waals surface area contributed by atoms with Gasteiger partial charge in [-0.25, -0.2) is 18.8 Å². The Kier molecular flexibility index (Phi) is 4.82. The van der Waals surface area contributed by atoms with Crippen molar-refractivity contribution in [3.63, 3.8) is 0 Å². The van der Waals surface area contributed by atoms with Crippen LogP contribution in [0.25, 0.3) is 16.9 Å². The molecule has 4 rings (SSSR count). The predicted octanol–water partition coefficient (Wildman–Crippen LogP) is 3.10. The van der Waals surface area contributed by atoms with Gasteiger partial charge < -0.3 is 15.8 Å². The van der Waals surface area contributed by atoms with Gasteiger partial charge in [-0.2, -0.15) is 8.78 Å². The summed E-state index contributed by atoms with van der Waals surface area (Å²) >= 11 is 0. The number of alkyl halides is 4. The molecule has 1 unspecified atom stereocenters. The third kappa shape index (κ3) is 3.54. The number of halogens is 4. The van der Waals surface area contributed by atoms with Gasteiger partial charge >= 0.3 is 6.61 Å². The first-order chi connectivity index (χ1) is 14.3. The molecular weight excluding hydrogens is 404 g/mol. The highest BCUT2D eigenvalue weighted by molar-refractivity contribution is 5.98. The van der Waals surface area contributed by atoms with E-state index in [-0.39, 0.29) is 17.4 Å². The molecule has 156 valence electrons. The summed E-state index contributed by atoms with van der Waals surface area (Å²) in [6.45, 7) is -2.97. The Morgan fingerprint density at radius 3 is 2.40 bits per heavy atom. The van der Waals surface area contributed by atoms with Crippen molar-refractivity contribution in [3.05, 3.63) is 66.0 Å². The van der Waals surface area contributed by atoms with Crippen LogP contribution in [0, 0.1) is 0 Å². The second-order valence-corrected chi connectivity index (χ2v) is 6.46. The Morgan fingerprint density at radius 2 is 1.73 bits per heavy atom. The van der Waals surface area contributed by atoms with Gasteiger partial charge in [0, 0.05) is 11.6 Å². The zero-order valence-corrected chi connectivity index (χ0v) is 15.3. The number of hydrogen-bond donors (Lipinski definition) is 3. The molecular formula is C19H16F4N6O. The van der Waals surface area contributed by atoms with Gasteiger partial charge in [-0.15, -0.1) is 0 Å². The van der Waals surface area contributed by atoms with Crippen molar-refractivity contribution < 1.29 is 22.3 Å². The number of benzene rings is 2. The van der Waals surface area contributed by atoms with E-state index in [1.807, 2.05) is 0 Å². The number of hydrogen-bond acceptors (Lipinski definition) is 6. The number of nitrogens with zero attached hydrogens (tertiary/aromatic N) is 3. The fraction of sp³-hybridized carbons (Fsp3) is 0.158. The summed E-state index contributed by atoms with van der Waals surface area (Å²) in [6, 6.07) is 12.0. The number of ether oxygens (including phenoxy) is 1. The Labute approximate surface area is 167 Å². The van der Waals surface area contributed by atoms with Gasteiger partial charge in [-0.1, -0.05) is 12.1 Å². The first kappa shape index (κ1) is 19.7. The number of aromatic nitrogens is 2. The summed E-state index contributed by atoms with van der Waals surface area (Å²) in [5, 5.41) is 2.90. The zero-order chi connectivity index (χ0) is 21.5. The van der Waals surface area contributed by atoms with Crippen LogP contribution >= 0.6 is 0 Å². The second-order valence-electron chi connectivity index (χ2n) is 6.46. The predicted molar refractivity (Wildman–Crippen MR) is 103 cm³/mol. The van der Waals surface area contributed by atoms with Crippen molar-refractivity contribution in [1.29, 1.82) is 0 Å². The van der Waals surface area contributed by atoms with Crippen LogP contribution in [0.15, 0.2) is 59.6 Å².